The van der Waals surface area contributed by atoms with Gasteiger partial charge in [-0.2, -0.15) is 5.26 Å². The highest BCUT2D eigenvalue weighted by Gasteiger charge is 2.12. The average molecular weight is 306 g/mol. The zero-order chi connectivity index (χ0) is 15.9. The molecule has 1 saturated heterocycles. The van der Waals surface area contributed by atoms with Crippen LogP contribution in [0.4, 0.5) is 5.82 Å². The summed E-state index contributed by atoms with van der Waals surface area (Å²) in [5.41, 5.74) is 3.28. The Hall–Kier alpha value is -2.38. The van der Waals surface area contributed by atoms with Gasteiger partial charge >= 0.3 is 0 Å². The lowest BCUT2D eigenvalue weighted by molar-refractivity contribution is 0.220. The van der Waals surface area contributed by atoms with Gasteiger partial charge in [-0.1, -0.05) is 30.7 Å². The van der Waals surface area contributed by atoms with Gasteiger partial charge in [0, 0.05) is 19.3 Å². The van der Waals surface area contributed by atoms with Gasteiger partial charge in [-0.3, -0.25) is 4.90 Å². The monoisotopic (exact) mass is 306 g/mol. The number of rotatable bonds is 5. The van der Waals surface area contributed by atoms with Crippen molar-refractivity contribution >= 4 is 5.82 Å². The van der Waals surface area contributed by atoms with E-state index in [0.717, 1.165) is 18.9 Å². The lowest BCUT2D eigenvalue weighted by Crippen LogP contribution is -2.29. The molecule has 4 heteroatoms. The minimum atomic E-state index is 0.584. The van der Waals surface area contributed by atoms with E-state index in [4.69, 9.17) is 5.26 Å². The van der Waals surface area contributed by atoms with E-state index in [2.05, 4.69) is 45.5 Å². The largest absolute Gasteiger partial charge is 0.366 e. The number of piperidine rings is 1. The third kappa shape index (κ3) is 4.30. The zero-order valence-corrected chi connectivity index (χ0v) is 13.3. The second-order valence-electron chi connectivity index (χ2n) is 6.00. The first kappa shape index (κ1) is 15.5. The topological polar surface area (TPSA) is 52.0 Å². The number of nitrogens with zero attached hydrogens (tertiary/aromatic N) is 3. The molecular formula is C19H22N4. The Morgan fingerprint density at radius 2 is 1.83 bits per heavy atom. The normalized spacial score (nSPS) is 15.1. The first-order chi connectivity index (χ1) is 11.3. The zero-order valence-electron chi connectivity index (χ0n) is 13.3. The van der Waals surface area contributed by atoms with Gasteiger partial charge in [0.1, 0.15) is 11.9 Å². The smallest absolute Gasteiger partial charge is 0.126 e. The van der Waals surface area contributed by atoms with Crippen LogP contribution in [0.1, 0.15) is 36.0 Å². The Morgan fingerprint density at radius 1 is 1.04 bits per heavy atom. The molecule has 0 atom stereocenters. The van der Waals surface area contributed by atoms with Gasteiger partial charge in [0.2, 0.25) is 0 Å². The van der Waals surface area contributed by atoms with Crippen molar-refractivity contribution in [2.45, 2.75) is 32.4 Å². The fourth-order valence-electron chi connectivity index (χ4n) is 2.99. The van der Waals surface area contributed by atoms with Gasteiger partial charge in [0.15, 0.2) is 0 Å². The third-order valence-corrected chi connectivity index (χ3v) is 4.31. The van der Waals surface area contributed by atoms with Crippen LogP contribution in [-0.2, 0) is 13.1 Å². The van der Waals surface area contributed by atoms with Crippen LogP contribution in [-0.4, -0.2) is 23.0 Å². The molecule has 2 heterocycles. The second-order valence-corrected chi connectivity index (χ2v) is 6.00. The summed E-state index contributed by atoms with van der Waals surface area (Å²) in [7, 11) is 0. The summed E-state index contributed by atoms with van der Waals surface area (Å²) in [6.07, 6.45) is 5.59. The van der Waals surface area contributed by atoms with E-state index < -0.39 is 0 Å². The minimum Gasteiger partial charge on any atom is -0.366 e. The van der Waals surface area contributed by atoms with E-state index >= 15 is 0 Å². The van der Waals surface area contributed by atoms with Crippen LogP contribution >= 0.6 is 0 Å². The number of pyridine rings is 1. The molecule has 1 N–H and O–H groups in total. The van der Waals surface area contributed by atoms with Gasteiger partial charge in [-0.15, -0.1) is 0 Å². The first-order valence-corrected chi connectivity index (χ1v) is 8.24. The average Bonchev–Trinajstić information content (AvgIpc) is 2.62. The van der Waals surface area contributed by atoms with Gasteiger partial charge in [0.25, 0.3) is 0 Å². The number of hydrogen-bond donors (Lipinski definition) is 1. The van der Waals surface area contributed by atoms with Crippen LogP contribution in [0.25, 0.3) is 0 Å². The molecule has 1 aliphatic rings. The van der Waals surface area contributed by atoms with Crippen molar-refractivity contribution in [2.24, 2.45) is 0 Å². The molecule has 1 aromatic carbocycles. The van der Waals surface area contributed by atoms with Crippen LogP contribution in [0.15, 0.2) is 42.6 Å². The summed E-state index contributed by atoms with van der Waals surface area (Å²) in [5.74, 6) is 0.803. The van der Waals surface area contributed by atoms with Crippen molar-refractivity contribution in [3.8, 4) is 6.07 Å². The number of anilines is 1. The van der Waals surface area contributed by atoms with E-state index in [1.165, 1.54) is 43.5 Å². The van der Waals surface area contributed by atoms with Gasteiger partial charge < -0.3 is 5.32 Å². The molecule has 0 saturated carbocycles. The molecule has 1 aliphatic heterocycles. The fourth-order valence-corrected chi connectivity index (χ4v) is 2.99. The quantitative estimate of drug-likeness (QED) is 0.918. The summed E-state index contributed by atoms with van der Waals surface area (Å²) in [5, 5.41) is 12.2. The maximum absolute atomic E-state index is 8.81. The highest BCUT2D eigenvalue weighted by atomic mass is 15.1. The molecule has 0 spiro atoms. The summed E-state index contributed by atoms with van der Waals surface area (Å²) in [6.45, 7) is 4.19. The molecule has 1 aromatic heterocycles. The molecule has 0 bridgehead atoms. The number of likely N-dealkylation sites (tertiary alicyclic amines) is 1. The number of benzene rings is 1. The Balaban J connectivity index is 1.63. The number of hydrogen-bond acceptors (Lipinski definition) is 4. The number of aromatic nitrogens is 1. The van der Waals surface area contributed by atoms with Crippen LogP contribution in [0.3, 0.4) is 0 Å². The standard InChI is InChI=1S/C19H22N4/c20-12-16-8-9-19(21-13-16)22-14-17-6-2-3-7-18(17)15-23-10-4-1-5-11-23/h2-3,6-9,13H,1,4-5,10-11,14-15H2,(H,21,22). The van der Waals surface area contributed by atoms with E-state index in [-0.39, 0.29) is 0 Å². The van der Waals surface area contributed by atoms with Crippen molar-refractivity contribution in [1.82, 2.24) is 9.88 Å². The minimum absolute atomic E-state index is 0.584. The van der Waals surface area contributed by atoms with Crippen molar-refractivity contribution in [3.05, 3.63) is 59.3 Å². The SMILES string of the molecule is N#Cc1ccc(NCc2ccccc2CN2CCCCC2)nc1. The second kappa shape index (κ2) is 7.75. The predicted molar refractivity (Wildman–Crippen MR) is 91.8 cm³/mol. The molecule has 3 rings (SSSR count). The van der Waals surface area contributed by atoms with Crippen LogP contribution in [0, 0.1) is 11.3 Å². The van der Waals surface area contributed by atoms with Crippen LogP contribution in [0.2, 0.25) is 0 Å². The Kier molecular flexibility index (Phi) is 5.23. The van der Waals surface area contributed by atoms with Crippen LogP contribution < -0.4 is 5.32 Å². The van der Waals surface area contributed by atoms with E-state index in [1.807, 2.05) is 6.07 Å². The van der Waals surface area contributed by atoms with E-state index in [0.29, 0.717) is 5.56 Å². The number of nitriles is 1. The molecule has 1 fully saturated rings. The molecule has 0 unspecified atom stereocenters. The lowest BCUT2D eigenvalue weighted by Gasteiger charge is -2.27. The summed E-state index contributed by atoms with van der Waals surface area (Å²) >= 11 is 0. The van der Waals surface area contributed by atoms with Crippen LogP contribution in [0.5, 0.6) is 0 Å². The molecular weight excluding hydrogens is 284 g/mol. The van der Waals surface area contributed by atoms with Crippen molar-refractivity contribution in [2.75, 3.05) is 18.4 Å². The van der Waals surface area contributed by atoms with E-state index in [1.54, 1.807) is 12.3 Å². The predicted octanol–water partition coefficient (Wildman–Crippen LogP) is 3.55. The summed E-state index contributed by atoms with van der Waals surface area (Å²) < 4.78 is 0. The van der Waals surface area contributed by atoms with E-state index in [9.17, 15) is 0 Å². The highest BCUT2D eigenvalue weighted by molar-refractivity contribution is 5.40. The van der Waals surface area contributed by atoms with Gasteiger partial charge in [0.05, 0.1) is 5.56 Å². The Bertz CT molecular complexity index is 667. The maximum Gasteiger partial charge on any atom is 0.126 e. The highest BCUT2D eigenvalue weighted by Crippen LogP contribution is 2.17. The molecule has 0 radical (unpaired) electrons. The third-order valence-electron chi connectivity index (χ3n) is 4.31. The first-order valence-electron chi connectivity index (χ1n) is 8.24. The maximum atomic E-state index is 8.81. The molecule has 23 heavy (non-hydrogen) atoms. The Morgan fingerprint density at radius 3 is 2.52 bits per heavy atom. The fraction of sp³-hybridized carbons (Fsp3) is 0.368. The van der Waals surface area contributed by atoms with Crippen molar-refractivity contribution < 1.29 is 0 Å². The van der Waals surface area contributed by atoms with Crippen molar-refractivity contribution in [1.29, 1.82) is 5.26 Å². The summed E-state index contributed by atoms with van der Waals surface area (Å²) in [6, 6.07) is 14.3. The van der Waals surface area contributed by atoms with Crippen molar-refractivity contribution in [3.63, 3.8) is 0 Å². The molecule has 2 aromatic rings. The lowest BCUT2D eigenvalue weighted by atomic mass is 10.0. The van der Waals surface area contributed by atoms with Gasteiger partial charge in [-0.05, 0) is 49.2 Å². The Labute approximate surface area is 137 Å². The number of nitrogens with one attached hydrogen (secondary N) is 1. The molecule has 118 valence electrons. The molecule has 0 amide bonds. The summed E-state index contributed by atoms with van der Waals surface area (Å²) in [4.78, 5) is 6.81. The van der Waals surface area contributed by atoms with Gasteiger partial charge in [-0.25, -0.2) is 4.98 Å². The molecule has 4 nitrogen and oxygen atoms in total. The molecule has 0 aliphatic carbocycles.